The Morgan fingerprint density at radius 3 is 2.68 bits per heavy atom. The van der Waals surface area contributed by atoms with Crippen LogP contribution in [0.4, 0.5) is 4.39 Å². The molecule has 2 N–H and O–H groups in total. The van der Waals surface area contributed by atoms with Crippen molar-refractivity contribution < 1.29 is 13.9 Å². The molecule has 138 valence electrons. The monoisotopic (exact) mass is 349 g/mol. The number of halogens is 1. The van der Waals surface area contributed by atoms with Crippen LogP contribution in [0.3, 0.4) is 0 Å². The van der Waals surface area contributed by atoms with Crippen LogP contribution in [0.5, 0.6) is 5.75 Å². The molecule has 0 radical (unpaired) electrons. The van der Waals surface area contributed by atoms with Crippen molar-refractivity contribution >= 4 is 5.91 Å². The Labute approximate surface area is 148 Å². The minimum atomic E-state index is -1.71. The van der Waals surface area contributed by atoms with Gasteiger partial charge in [-0.05, 0) is 56.1 Å². The highest BCUT2D eigenvalue weighted by Crippen LogP contribution is 2.22. The molecule has 1 aromatic rings. The fraction of sp³-hybridized carbons (Fsp3) is 0.632. The number of hydrogen-bond acceptors (Lipinski definition) is 4. The number of nitrogens with zero attached hydrogens (tertiary/aromatic N) is 1. The highest BCUT2D eigenvalue weighted by Gasteiger charge is 2.41. The molecule has 1 amide bonds. The average Bonchev–Trinajstić information content (AvgIpc) is 3.09. The molecule has 0 spiro atoms. The molecule has 0 unspecified atom stereocenters. The number of ether oxygens (including phenoxy) is 1. The summed E-state index contributed by atoms with van der Waals surface area (Å²) in [4.78, 5) is 14.4. The minimum absolute atomic E-state index is 0.138. The summed E-state index contributed by atoms with van der Waals surface area (Å²) < 4.78 is 19.5. The number of likely N-dealkylation sites (tertiary alicyclic amines) is 1. The quantitative estimate of drug-likeness (QED) is 0.821. The van der Waals surface area contributed by atoms with Crippen molar-refractivity contribution in [3.05, 3.63) is 29.8 Å². The minimum Gasteiger partial charge on any atom is -0.497 e. The molecule has 2 fully saturated rings. The number of piperidine rings is 1. The number of rotatable bonds is 6. The van der Waals surface area contributed by atoms with Crippen molar-refractivity contribution in [1.29, 1.82) is 0 Å². The first-order valence-electron chi connectivity index (χ1n) is 9.12. The van der Waals surface area contributed by atoms with Gasteiger partial charge in [-0.1, -0.05) is 12.1 Å². The lowest BCUT2D eigenvalue weighted by molar-refractivity contribution is -0.131. The second kappa shape index (κ2) is 8.15. The van der Waals surface area contributed by atoms with E-state index in [4.69, 9.17) is 4.74 Å². The van der Waals surface area contributed by atoms with Crippen LogP contribution in [0, 0.1) is 5.92 Å². The molecular weight excluding hydrogens is 321 g/mol. The van der Waals surface area contributed by atoms with Gasteiger partial charge in [-0.15, -0.1) is 0 Å². The van der Waals surface area contributed by atoms with E-state index in [-0.39, 0.29) is 13.0 Å². The summed E-state index contributed by atoms with van der Waals surface area (Å²) in [6.07, 6.45) is 2.35. The molecule has 0 aromatic heterocycles. The second-order valence-corrected chi connectivity index (χ2v) is 7.17. The van der Waals surface area contributed by atoms with Crippen LogP contribution in [0.15, 0.2) is 24.3 Å². The lowest BCUT2D eigenvalue weighted by Crippen LogP contribution is -2.47. The van der Waals surface area contributed by atoms with Crippen molar-refractivity contribution in [1.82, 2.24) is 15.5 Å². The molecule has 2 saturated heterocycles. The van der Waals surface area contributed by atoms with Gasteiger partial charge in [-0.3, -0.25) is 9.69 Å². The standard InChI is InChI=1S/C19H28FN3O2/c1-25-17-4-2-16(3-5-17)13-23-10-6-15(7-11-23)12-22-18(24)19(20)8-9-21-14-19/h2-5,15,21H,6-14H2,1H3,(H,22,24)/t19-/m0/s1. The first-order chi connectivity index (χ1) is 12.1. The van der Waals surface area contributed by atoms with Crippen molar-refractivity contribution in [2.24, 2.45) is 5.92 Å². The molecule has 0 bridgehead atoms. The third kappa shape index (κ3) is 4.70. The number of amides is 1. The van der Waals surface area contributed by atoms with Gasteiger partial charge in [-0.2, -0.15) is 0 Å². The maximum absolute atomic E-state index is 14.3. The SMILES string of the molecule is COc1ccc(CN2CCC(CNC(=O)[C@]3(F)CCNC3)CC2)cc1. The van der Waals surface area contributed by atoms with Crippen molar-refractivity contribution in [2.75, 3.05) is 39.8 Å². The van der Waals surface area contributed by atoms with E-state index < -0.39 is 11.6 Å². The van der Waals surface area contributed by atoms with Gasteiger partial charge in [0.15, 0.2) is 0 Å². The van der Waals surface area contributed by atoms with Crippen LogP contribution in [-0.4, -0.2) is 56.3 Å². The molecule has 6 heteroatoms. The van der Waals surface area contributed by atoms with Crippen molar-refractivity contribution in [3.63, 3.8) is 0 Å². The molecule has 2 heterocycles. The predicted octanol–water partition coefficient (Wildman–Crippen LogP) is 1.72. The van der Waals surface area contributed by atoms with Gasteiger partial charge < -0.3 is 15.4 Å². The Morgan fingerprint density at radius 1 is 1.36 bits per heavy atom. The lowest BCUT2D eigenvalue weighted by atomic mass is 9.95. The summed E-state index contributed by atoms with van der Waals surface area (Å²) in [7, 11) is 1.67. The lowest BCUT2D eigenvalue weighted by Gasteiger charge is -2.32. The number of alkyl halides is 1. The summed E-state index contributed by atoms with van der Waals surface area (Å²) >= 11 is 0. The van der Waals surface area contributed by atoms with Gasteiger partial charge >= 0.3 is 0 Å². The summed E-state index contributed by atoms with van der Waals surface area (Å²) in [5, 5.41) is 5.74. The Bertz CT molecular complexity index is 565. The molecule has 1 aromatic carbocycles. The molecule has 2 aliphatic rings. The van der Waals surface area contributed by atoms with E-state index in [2.05, 4.69) is 27.7 Å². The van der Waals surface area contributed by atoms with Gasteiger partial charge in [-0.25, -0.2) is 4.39 Å². The Hall–Kier alpha value is -1.66. The zero-order chi connectivity index (χ0) is 17.7. The molecular formula is C19H28FN3O2. The highest BCUT2D eigenvalue weighted by atomic mass is 19.1. The molecule has 2 aliphatic heterocycles. The fourth-order valence-corrected chi connectivity index (χ4v) is 3.59. The summed E-state index contributed by atoms with van der Waals surface area (Å²) in [6, 6.07) is 8.17. The van der Waals surface area contributed by atoms with Crippen molar-refractivity contribution in [2.45, 2.75) is 31.5 Å². The number of carbonyl (C=O) groups excluding carboxylic acids is 1. The third-order valence-corrected chi connectivity index (χ3v) is 5.33. The van der Waals surface area contributed by atoms with Crippen LogP contribution in [-0.2, 0) is 11.3 Å². The smallest absolute Gasteiger partial charge is 0.259 e. The number of nitrogens with one attached hydrogen (secondary N) is 2. The summed E-state index contributed by atoms with van der Waals surface area (Å²) in [5.41, 5.74) is -0.435. The molecule has 0 saturated carbocycles. The van der Waals surface area contributed by atoms with Crippen LogP contribution >= 0.6 is 0 Å². The molecule has 3 rings (SSSR count). The van der Waals surface area contributed by atoms with E-state index in [1.54, 1.807) is 7.11 Å². The van der Waals surface area contributed by atoms with E-state index in [0.29, 0.717) is 19.0 Å². The van der Waals surface area contributed by atoms with Gasteiger partial charge in [0.1, 0.15) is 5.75 Å². The van der Waals surface area contributed by atoms with Crippen LogP contribution in [0.25, 0.3) is 0 Å². The third-order valence-electron chi connectivity index (χ3n) is 5.33. The average molecular weight is 349 g/mol. The zero-order valence-corrected chi connectivity index (χ0v) is 14.9. The number of hydrogen-bond donors (Lipinski definition) is 2. The Balaban J connectivity index is 1.38. The second-order valence-electron chi connectivity index (χ2n) is 7.17. The van der Waals surface area contributed by atoms with Crippen LogP contribution in [0.2, 0.25) is 0 Å². The van der Waals surface area contributed by atoms with Gasteiger partial charge in [0.25, 0.3) is 5.91 Å². The van der Waals surface area contributed by atoms with Gasteiger partial charge in [0, 0.05) is 26.1 Å². The Kier molecular flexibility index (Phi) is 5.91. The van der Waals surface area contributed by atoms with E-state index in [1.165, 1.54) is 5.56 Å². The van der Waals surface area contributed by atoms with Crippen LogP contribution < -0.4 is 15.4 Å². The largest absolute Gasteiger partial charge is 0.497 e. The van der Waals surface area contributed by atoms with E-state index in [9.17, 15) is 9.18 Å². The maximum atomic E-state index is 14.3. The maximum Gasteiger partial charge on any atom is 0.259 e. The van der Waals surface area contributed by atoms with Crippen LogP contribution in [0.1, 0.15) is 24.8 Å². The number of methoxy groups -OCH3 is 1. The molecule has 25 heavy (non-hydrogen) atoms. The first-order valence-corrected chi connectivity index (χ1v) is 9.12. The summed E-state index contributed by atoms with van der Waals surface area (Å²) in [6.45, 7) is 4.25. The zero-order valence-electron chi connectivity index (χ0n) is 14.9. The molecule has 0 aliphatic carbocycles. The normalized spacial score (nSPS) is 25.0. The van der Waals surface area contributed by atoms with E-state index in [1.807, 2.05) is 12.1 Å². The van der Waals surface area contributed by atoms with E-state index in [0.717, 1.165) is 38.2 Å². The number of benzene rings is 1. The van der Waals surface area contributed by atoms with Gasteiger partial charge in [0.2, 0.25) is 5.67 Å². The Morgan fingerprint density at radius 2 is 2.08 bits per heavy atom. The molecule has 1 atom stereocenters. The van der Waals surface area contributed by atoms with Crippen molar-refractivity contribution in [3.8, 4) is 5.75 Å². The predicted molar refractivity (Wildman–Crippen MR) is 95.3 cm³/mol. The number of carbonyl (C=O) groups is 1. The fourth-order valence-electron chi connectivity index (χ4n) is 3.59. The topological polar surface area (TPSA) is 53.6 Å². The molecule has 5 nitrogen and oxygen atoms in total. The highest BCUT2D eigenvalue weighted by molar-refractivity contribution is 5.85. The van der Waals surface area contributed by atoms with E-state index >= 15 is 0 Å². The first kappa shape index (κ1) is 18.1. The van der Waals surface area contributed by atoms with Gasteiger partial charge in [0.05, 0.1) is 7.11 Å². The summed E-state index contributed by atoms with van der Waals surface area (Å²) in [5.74, 6) is 0.869.